The number of ether oxygens (including phenoxy) is 1. The van der Waals surface area contributed by atoms with Crippen LogP contribution in [0.4, 0.5) is 11.4 Å². The van der Waals surface area contributed by atoms with E-state index in [4.69, 9.17) is 4.74 Å². The number of rotatable bonds is 3. The summed E-state index contributed by atoms with van der Waals surface area (Å²) in [6, 6.07) is 9.38. The molecule has 5 nitrogen and oxygen atoms in total. The first-order valence-electron chi connectivity index (χ1n) is 7.07. The molecule has 2 heterocycles. The monoisotopic (exact) mass is 361 g/mol. The number of anilines is 2. The van der Waals surface area contributed by atoms with Crippen molar-refractivity contribution in [3.63, 3.8) is 0 Å². The zero-order valence-electron chi connectivity index (χ0n) is 12.0. The van der Waals surface area contributed by atoms with Crippen LogP contribution in [0.2, 0.25) is 0 Å². The highest BCUT2D eigenvalue weighted by atomic mass is 79.9. The third-order valence-corrected chi connectivity index (χ3v) is 4.18. The fourth-order valence-electron chi connectivity index (χ4n) is 2.30. The maximum Gasteiger partial charge on any atom is 0.257 e. The number of nitrogens with one attached hydrogen (secondary N) is 1. The molecular formula is C16H16BrN3O2. The van der Waals surface area contributed by atoms with Gasteiger partial charge in [-0.25, -0.2) is 0 Å². The summed E-state index contributed by atoms with van der Waals surface area (Å²) in [6.07, 6.45) is 3.36. The Bertz CT molecular complexity index is 672. The van der Waals surface area contributed by atoms with Gasteiger partial charge < -0.3 is 15.0 Å². The first-order chi connectivity index (χ1) is 10.7. The molecule has 6 heteroatoms. The third-order valence-electron chi connectivity index (χ3n) is 3.48. The highest BCUT2D eigenvalue weighted by Gasteiger charge is 2.14. The molecule has 2 aromatic rings. The molecule has 114 valence electrons. The van der Waals surface area contributed by atoms with Gasteiger partial charge in [0.25, 0.3) is 5.91 Å². The molecule has 1 saturated heterocycles. The van der Waals surface area contributed by atoms with E-state index < -0.39 is 0 Å². The highest BCUT2D eigenvalue weighted by Crippen LogP contribution is 2.22. The van der Waals surface area contributed by atoms with Crippen LogP contribution in [0.3, 0.4) is 0 Å². The second-order valence-corrected chi connectivity index (χ2v) is 5.82. The summed E-state index contributed by atoms with van der Waals surface area (Å²) in [5, 5.41) is 2.89. The number of benzene rings is 1. The molecule has 22 heavy (non-hydrogen) atoms. The minimum absolute atomic E-state index is 0.172. The van der Waals surface area contributed by atoms with Crippen LogP contribution in [0.25, 0.3) is 0 Å². The fraction of sp³-hybridized carbons (Fsp3) is 0.250. The molecule has 1 amide bonds. The van der Waals surface area contributed by atoms with E-state index in [1.165, 1.54) is 0 Å². The number of para-hydroxylation sites is 1. The van der Waals surface area contributed by atoms with Crippen LogP contribution in [-0.4, -0.2) is 37.2 Å². The lowest BCUT2D eigenvalue weighted by Gasteiger charge is -2.28. The molecule has 1 fully saturated rings. The predicted octanol–water partition coefficient (Wildman–Crippen LogP) is 2.93. The van der Waals surface area contributed by atoms with Crippen molar-refractivity contribution < 1.29 is 9.53 Å². The highest BCUT2D eigenvalue weighted by molar-refractivity contribution is 9.10. The van der Waals surface area contributed by atoms with Gasteiger partial charge in [-0.3, -0.25) is 9.78 Å². The van der Waals surface area contributed by atoms with Crippen molar-refractivity contribution in [1.29, 1.82) is 0 Å². The van der Waals surface area contributed by atoms with Gasteiger partial charge >= 0.3 is 0 Å². The lowest BCUT2D eigenvalue weighted by atomic mass is 10.2. The Morgan fingerprint density at radius 1 is 1.23 bits per heavy atom. The lowest BCUT2D eigenvalue weighted by Crippen LogP contribution is -2.36. The van der Waals surface area contributed by atoms with Crippen molar-refractivity contribution >= 4 is 33.2 Å². The van der Waals surface area contributed by atoms with Gasteiger partial charge in [-0.15, -0.1) is 0 Å². The summed E-state index contributed by atoms with van der Waals surface area (Å²) >= 11 is 3.42. The molecule has 0 unspecified atom stereocenters. The van der Waals surface area contributed by atoms with E-state index in [1.54, 1.807) is 12.4 Å². The van der Waals surface area contributed by atoms with E-state index in [0.29, 0.717) is 18.8 Å². The Labute approximate surface area is 137 Å². The standard InChI is InChI=1S/C16H16BrN3O2/c17-14-3-1-2-4-15(14)19-16(21)12-9-13(11-18-10-12)20-5-7-22-8-6-20/h1-4,9-11H,5-8H2,(H,19,21). The minimum Gasteiger partial charge on any atom is -0.378 e. The van der Waals surface area contributed by atoms with Gasteiger partial charge in [-0.05, 0) is 34.1 Å². The van der Waals surface area contributed by atoms with E-state index in [2.05, 4.69) is 31.1 Å². The molecule has 0 atom stereocenters. The summed E-state index contributed by atoms with van der Waals surface area (Å²) in [6.45, 7) is 3.04. The average molecular weight is 362 g/mol. The molecule has 1 aromatic carbocycles. The van der Waals surface area contributed by atoms with Gasteiger partial charge in [-0.1, -0.05) is 12.1 Å². The number of carbonyl (C=O) groups excluding carboxylic acids is 1. The van der Waals surface area contributed by atoms with E-state index in [-0.39, 0.29) is 5.91 Å². The number of pyridine rings is 1. The molecule has 0 bridgehead atoms. The number of carbonyl (C=O) groups is 1. The van der Waals surface area contributed by atoms with E-state index >= 15 is 0 Å². The Morgan fingerprint density at radius 2 is 2.00 bits per heavy atom. The van der Waals surface area contributed by atoms with Crippen molar-refractivity contribution in [2.45, 2.75) is 0 Å². The van der Waals surface area contributed by atoms with Crippen LogP contribution < -0.4 is 10.2 Å². The van der Waals surface area contributed by atoms with Crippen molar-refractivity contribution in [2.75, 3.05) is 36.5 Å². The summed E-state index contributed by atoms with van der Waals surface area (Å²) in [5.41, 5.74) is 2.23. The van der Waals surface area contributed by atoms with Gasteiger partial charge in [-0.2, -0.15) is 0 Å². The smallest absolute Gasteiger partial charge is 0.257 e. The van der Waals surface area contributed by atoms with Crippen LogP contribution >= 0.6 is 15.9 Å². The number of hydrogen-bond acceptors (Lipinski definition) is 4. The van der Waals surface area contributed by atoms with Gasteiger partial charge in [0.15, 0.2) is 0 Å². The topological polar surface area (TPSA) is 54.5 Å². The molecule has 0 aliphatic carbocycles. The SMILES string of the molecule is O=C(Nc1ccccc1Br)c1cncc(N2CCOCC2)c1. The van der Waals surface area contributed by atoms with Gasteiger partial charge in [0.05, 0.1) is 36.3 Å². The van der Waals surface area contributed by atoms with Crippen LogP contribution in [0, 0.1) is 0 Å². The van der Waals surface area contributed by atoms with Crippen molar-refractivity contribution in [1.82, 2.24) is 4.98 Å². The van der Waals surface area contributed by atoms with Crippen LogP contribution in [0.5, 0.6) is 0 Å². The van der Waals surface area contributed by atoms with E-state index in [9.17, 15) is 4.79 Å². The van der Waals surface area contributed by atoms with Gasteiger partial charge in [0, 0.05) is 23.8 Å². The largest absolute Gasteiger partial charge is 0.378 e. The fourth-order valence-corrected chi connectivity index (χ4v) is 2.69. The molecule has 3 rings (SSSR count). The first-order valence-corrected chi connectivity index (χ1v) is 7.87. The maximum atomic E-state index is 12.4. The summed E-state index contributed by atoms with van der Waals surface area (Å²) in [4.78, 5) is 18.7. The molecule has 1 N–H and O–H groups in total. The first kappa shape index (κ1) is 15.0. The average Bonchev–Trinajstić information content (AvgIpc) is 2.58. The lowest BCUT2D eigenvalue weighted by molar-refractivity contribution is 0.102. The number of aromatic nitrogens is 1. The molecule has 1 aromatic heterocycles. The van der Waals surface area contributed by atoms with Crippen molar-refractivity contribution in [3.05, 3.63) is 52.8 Å². The zero-order valence-corrected chi connectivity index (χ0v) is 13.5. The Morgan fingerprint density at radius 3 is 2.77 bits per heavy atom. The number of amides is 1. The van der Waals surface area contributed by atoms with Crippen molar-refractivity contribution in [2.24, 2.45) is 0 Å². The number of nitrogens with zero attached hydrogens (tertiary/aromatic N) is 2. The maximum absolute atomic E-state index is 12.4. The van der Waals surface area contributed by atoms with E-state index in [0.717, 1.165) is 28.9 Å². The molecule has 1 aliphatic rings. The molecule has 0 saturated carbocycles. The summed E-state index contributed by atoms with van der Waals surface area (Å²) in [7, 11) is 0. The Balaban J connectivity index is 1.76. The van der Waals surface area contributed by atoms with Crippen molar-refractivity contribution in [3.8, 4) is 0 Å². The Hall–Kier alpha value is -1.92. The minimum atomic E-state index is -0.172. The quantitative estimate of drug-likeness (QED) is 0.912. The summed E-state index contributed by atoms with van der Waals surface area (Å²) < 4.78 is 6.19. The Kier molecular flexibility index (Phi) is 4.70. The second kappa shape index (κ2) is 6.89. The van der Waals surface area contributed by atoms with Crippen LogP contribution in [0.1, 0.15) is 10.4 Å². The second-order valence-electron chi connectivity index (χ2n) is 4.97. The zero-order chi connectivity index (χ0) is 15.4. The van der Waals surface area contributed by atoms with E-state index in [1.807, 2.05) is 30.3 Å². The summed E-state index contributed by atoms with van der Waals surface area (Å²) in [5.74, 6) is -0.172. The predicted molar refractivity (Wildman–Crippen MR) is 89.4 cm³/mol. The molecule has 1 aliphatic heterocycles. The third kappa shape index (κ3) is 3.45. The van der Waals surface area contributed by atoms with Crippen LogP contribution in [0.15, 0.2) is 47.2 Å². The number of morpholine rings is 1. The number of hydrogen-bond donors (Lipinski definition) is 1. The van der Waals surface area contributed by atoms with Crippen LogP contribution in [-0.2, 0) is 4.74 Å². The molecule has 0 radical (unpaired) electrons. The molecule has 0 spiro atoms. The number of halogens is 1. The van der Waals surface area contributed by atoms with Gasteiger partial charge in [0.1, 0.15) is 0 Å². The molecular weight excluding hydrogens is 346 g/mol. The normalized spacial score (nSPS) is 14.7. The van der Waals surface area contributed by atoms with Gasteiger partial charge in [0.2, 0.25) is 0 Å².